The Bertz CT molecular complexity index is 1400. The SMILES string of the molecule is NC(=O)CCC(NC(=O)C(N)Cc1cnc[nH]1)C(=O)NC(Cc1c[nH]c2ccccc12)C(=O)N1CCCC1C(=O)O. The number of nitrogens with two attached hydrogens (primary N) is 2. The molecule has 14 heteroatoms. The van der Waals surface area contributed by atoms with E-state index in [1.165, 1.54) is 17.4 Å². The van der Waals surface area contributed by atoms with Gasteiger partial charge in [-0.1, -0.05) is 18.2 Å². The van der Waals surface area contributed by atoms with E-state index in [0.717, 1.165) is 16.5 Å². The number of para-hydroxylation sites is 1. The lowest BCUT2D eigenvalue weighted by Gasteiger charge is -2.29. The molecule has 2 aromatic heterocycles. The number of carboxylic acid groups (broad SMARTS) is 1. The summed E-state index contributed by atoms with van der Waals surface area (Å²) in [4.78, 5) is 74.6. The van der Waals surface area contributed by atoms with Gasteiger partial charge in [0, 0.05) is 54.8 Å². The van der Waals surface area contributed by atoms with E-state index in [4.69, 9.17) is 11.5 Å². The van der Waals surface area contributed by atoms with E-state index >= 15 is 0 Å². The number of aromatic amines is 2. The van der Waals surface area contributed by atoms with Crippen LogP contribution in [0.25, 0.3) is 10.9 Å². The van der Waals surface area contributed by atoms with Crippen molar-refractivity contribution < 1.29 is 29.1 Å². The maximum Gasteiger partial charge on any atom is 0.326 e. The number of nitrogens with zero attached hydrogens (tertiary/aromatic N) is 2. The van der Waals surface area contributed by atoms with E-state index in [2.05, 4.69) is 25.6 Å². The van der Waals surface area contributed by atoms with E-state index in [0.29, 0.717) is 18.5 Å². The molecule has 4 atom stereocenters. The first-order chi connectivity index (χ1) is 19.6. The predicted octanol–water partition coefficient (Wildman–Crippen LogP) is -0.686. The van der Waals surface area contributed by atoms with Crippen molar-refractivity contribution in [3.05, 3.63) is 54.2 Å². The number of carbonyl (C=O) groups excluding carboxylic acids is 4. The zero-order valence-electron chi connectivity index (χ0n) is 22.3. The molecule has 0 bridgehead atoms. The van der Waals surface area contributed by atoms with Gasteiger partial charge < -0.3 is 42.1 Å². The molecule has 1 fully saturated rings. The minimum Gasteiger partial charge on any atom is -0.480 e. The summed E-state index contributed by atoms with van der Waals surface area (Å²) in [6.07, 6.45) is 5.38. The summed E-state index contributed by atoms with van der Waals surface area (Å²) in [6.45, 7) is 0.236. The first kappa shape index (κ1) is 29.3. The fourth-order valence-electron chi connectivity index (χ4n) is 5.04. The molecule has 3 heterocycles. The summed E-state index contributed by atoms with van der Waals surface area (Å²) in [7, 11) is 0. The quantitative estimate of drug-likeness (QED) is 0.140. The van der Waals surface area contributed by atoms with Crippen molar-refractivity contribution in [2.24, 2.45) is 11.5 Å². The standard InChI is InChI=1S/C27H34N8O6/c28-18(11-16-13-30-14-32-16)24(37)33-20(7-8-23(29)36)25(38)34-21(26(39)35-9-3-6-22(35)27(40)41)10-15-12-31-19-5-2-1-4-17(15)19/h1-2,4-5,12-14,18,20-22,31H,3,6-11,28H2,(H2,29,36)(H,30,32)(H,33,37)(H,34,38)(H,40,41). The molecule has 14 nitrogen and oxygen atoms in total. The molecule has 1 aliphatic heterocycles. The van der Waals surface area contributed by atoms with Gasteiger partial charge in [-0.15, -0.1) is 0 Å². The number of rotatable bonds is 13. The maximum absolute atomic E-state index is 13.7. The monoisotopic (exact) mass is 566 g/mol. The Balaban J connectivity index is 1.56. The van der Waals surface area contributed by atoms with Gasteiger partial charge in [-0.3, -0.25) is 19.2 Å². The lowest BCUT2D eigenvalue weighted by Crippen LogP contribution is -2.58. The van der Waals surface area contributed by atoms with Gasteiger partial charge in [0.05, 0.1) is 12.4 Å². The molecule has 0 radical (unpaired) electrons. The molecule has 9 N–H and O–H groups in total. The van der Waals surface area contributed by atoms with Crippen LogP contribution in [0.5, 0.6) is 0 Å². The molecule has 0 aliphatic carbocycles. The summed E-state index contributed by atoms with van der Waals surface area (Å²) >= 11 is 0. The molecule has 0 spiro atoms. The van der Waals surface area contributed by atoms with E-state index < -0.39 is 53.8 Å². The van der Waals surface area contributed by atoms with E-state index in [1.807, 2.05) is 24.3 Å². The molecular weight excluding hydrogens is 532 g/mol. The lowest BCUT2D eigenvalue weighted by atomic mass is 10.0. The number of benzene rings is 1. The number of carbonyl (C=O) groups is 5. The fourth-order valence-corrected chi connectivity index (χ4v) is 5.04. The minimum absolute atomic E-state index is 0.0627. The first-order valence-corrected chi connectivity index (χ1v) is 13.3. The number of hydrogen-bond acceptors (Lipinski definition) is 7. The smallest absolute Gasteiger partial charge is 0.326 e. The Hall–Kier alpha value is -4.72. The fraction of sp³-hybridized carbons (Fsp3) is 0.407. The van der Waals surface area contributed by atoms with Crippen molar-refractivity contribution >= 4 is 40.5 Å². The number of aliphatic carboxylic acids is 1. The number of aromatic nitrogens is 3. The highest BCUT2D eigenvalue weighted by Gasteiger charge is 2.38. The third-order valence-electron chi connectivity index (χ3n) is 7.18. The Morgan fingerprint density at radius 3 is 2.54 bits per heavy atom. The molecular formula is C27H34N8O6. The Morgan fingerprint density at radius 2 is 1.83 bits per heavy atom. The highest BCUT2D eigenvalue weighted by molar-refractivity contribution is 5.95. The van der Waals surface area contributed by atoms with Crippen molar-refractivity contribution in [1.82, 2.24) is 30.5 Å². The van der Waals surface area contributed by atoms with Crippen LogP contribution in [-0.2, 0) is 36.8 Å². The minimum atomic E-state index is -1.23. The van der Waals surface area contributed by atoms with Gasteiger partial charge in [0.2, 0.25) is 23.6 Å². The highest BCUT2D eigenvalue weighted by Crippen LogP contribution is 2.23. The van der Waals surface area contributed by atoms with Crippen LogP contribution in [0.4, 0.5) is 0 Å². The third-order valence-corrected chi connectivity index (χ3v) is 7.18. The average molecular weight is 567 g/mol. The van der Waals surface area contributed by atoms with Gasteiger partial charge in [0.25, 0.3) is 0 Å². The van der Waals surface area contributed by atoms with Gasteiger partial charge in [-0.05, 0) is 30.9 Å². The number of likely N-dealkylation sites (tertiary alicyclic amines) is 1. The molecule has 1 aromatic carbocycles. The van der Waals surface area contributed by atoms with Gasteiger partial charge in [-0.25, -0.2) is 9.78 Å². The normalized spacial score (nSPS) is 17.1. The van der Waals surface area contributed by atoms with Crippen LogP contribution >= 0.6 is 0 Å². The highest BCUT2D eigenvalue weighted by atomic mass is 16.4. The third kappa shape index (κ3) is 7.28. The maximum atomic E-state index is 13.7. The number of fused-ring (bicyclic) bond motifs is 1. The van der Waals surface area contributed by atoms with Gasteiger partial charge >= 0.3 is 5.97 Å². The Morgan fingerprint density at radius 1 is 1.07 bits per heavy atom. The molecule has 218 valence electrons. The summed E-state index contributed by atoms with van der Waals surface area (Å²) in [5, 5.41) is 15.8. The van der Waals surface area contributed by atoms with Crippen LogP contribution in [0.3, 0.4) is 0 Å². The van der Waals surface area contributed by atoms with Crippen LogP contribution in [0, 0.1) is 0 Å². The molecule has 4 unspecified atom stereocenters. The second kappa shape index (κ2) is 13.1. The first-order valence-electron chi connectivity index (χ1n) is 13.3. The van der Waals surface area contributed by atoms with Crippen molar-refractivity contribution in [2.45, 2.75) is 62.7 Å². The largest absolute Gasteiger partial charge is 0.480 e. The van der Waals surface area contributed by atoms with Crippen LogP contribution < -0.4 is 22.1 Å². The van der Waals surface area contributed by atoms with Crippen molar-refractivity contribution in [3.8, 4) is 0 Å². The topological polar surface area (TPSA) is 229 Å². The Labute approximate surface area is 235 Å². The van der Waals surface area contributed by atoms with Gasteiger partial charge in [0.15, 0.2) is 0 Å². The summed E-state index contributed by atoms with van der Waals surface area (Å²) < 4.78 is 0. The van der Waals surface area contributed by atoms with E-state index in [-0.39, 0.29) is 32.2 Å². The van der Waals surface area contributed by atoms with Gasteiger partial charge in [-0.2, -0.15) is 0 Å². The summed E-state index contributed by atoms with van der Waals surface area (Å²) in [5.41, 5.74) is 13.5. The van der Waals surface area contributed by atoms with E-state index in [9.17, 15) is 29.1 Å². The number of carboxylic acids is 1. The van der Waals surface area contributed by atoms with E-state index in [1.54, 1.807) is 6.20 Å². The molecule has 0 saturated carbocycles. The second-order valence-electron chi connectivity index (χ2n) is 10.1. The van der Waals surface area contributed by atoms with Crippen LogP contribution in [0.1, 0.15) is 36.9 Å². The second-order valence-corrected chi connectivity index (χ2v) is 10.1. The molecule has 41 heavy (non-hydrogen) atoms. The van der Waals surface area contributed by atoms with Crippen molar-refractivity contribution in [3.63, 3.8) is 0 Å². The number of amides is 4. The van der Waals surface area contributed by atoms with Crippen molar-refractivity contribution in [1.29, 1.82) is 0 Å². The molecule has 1 saturated heterocycles. The molecule has 3 aromatic rings. The summed E-state index contributed by atoms with van der Waals surface area (Å²) in [6, 6.07) is 3.05. The Kier molecular flexibility index (Phi) is 9.34. The predicted molar refractivity (Wildman–Crippen MR) is 147 cm³/mol. The number of hydrogen-bond donors (Lipinski definition) is 7. The lowest BCUT2D eigenvalue weighted by molar-refractivity contribution is -0.149. The number of primary amides is 1. The van der Waals surface area contributed by atoms with Crippen LogP contribution in [0.2, 0.25) is 0 Å². The zero-order valence-corrected chi connectivity index (χ0v) is 22.3. The number of H-pyrrole nitrogens is 2. The molecule has 4 amide bonds. The number of nitrogens with one attached hydrogen (secondary N) is 4. The molecule has 4 rings (SSSR count). The molecule has 1 aliphatic rings. The average Bonchev–Trinajstić information content (AvgIpc) is 3.71. The van der Waals surface area contributed by atoms with Gasteiger partial charge in [0.1, 0.15) is 18.1 Å². The van der Waals surface area contributed by atoms with Crippen LogP contribution in [0.15, 0.2) is 43.0 Å². The van der Waals surface area contributed by atoms with Crippen molar-refractivity contribution in [2.75, 3.05) is 6.54 Å². The number of imidazole rings is 1. The zero-order chi connectivity index (χ0) is 29.5. The van der Waals surface area contributed by atoms with Crippen LogP contribution in [-0.4, -0.2) is 85.3 Å². The summed E-state index contributed by atoms with van der Waals surface area (Å²) in [5.74, 6) is -3.71.